The van der Waals surface area contributed by atoms with Gasteiger partial charge in [-0.25, -0.2) is 4.79 Å². The molecule has 6 heteroatoms. The van der Waals surface area contributed by atoms with Gasteiger partial charge in [-0.3, -0.25) is 4.90 Å². The van der Waals surface area contributed by atoms with Crippen LogP contribution in [-0.2, 0) is 9.16 Å². The summed E-state index contributed by atoms with van der Waals surface area (Å²) in [5, 5.41) is 3.61. The Morgan fingerprint density at radius 3 is 2.26 bits per heavy atom. The van der Waals surface area contributed by atoms with Crippen molar-refractivity contribution in [1.82, 2.24) is 10.2 Å². The summed E-state index contributed by atoms with van der Waals surface area (Å²) in [6, 6.07) is 0.260. The zero-order valence-electron chi connectivity index (χ0n) is 16.0. The number of nitrogens with zero attached hydrogens (tertiary/aromatic N) is 1. The van der Waals surface area contributed by atoms with Gasteiger partial charge in [0.1, 0.15) is 5.60 Å². The van der Waals surface area contributed by atoms with E-state index in [0.717, 1.165) is 19.5 Å². The van der Waals surface area contributed by atoms with Gasteiger partial charge >= 0.3 is 6.09 Å². The molecule has 5 nitrogen and oxygen atoms in total. The number of carbonyl (C=O) groups is 1. The molecule has 0 aromatic rings. The maximum absolute atomic E-state index is 12.6. The summed E-state index contributed by atoms with van der Waals surface area (Å²) in [4.78, 5) is 14.5. The first-order valence-corrected chi connectivity index (χ1v) is 11.6. The SMILES string of the molecule is CC(C)(C)OC(=O)N1[C@H]2CNC[C@@H]1[C@@H](O[Si](C)(C)C(C)(C)C)C2. The zero-order chi connectivity index (χ0) is 17.6. The summed E-state index contributed by atoms with van der Waals surface area (Å²) in [6.45, 7) is 18.7. The molecule has 23 heavy (non-hydrogen) atoms. The van der Waals surface area contributed by atoms with Crippen LogP contribution in [-0.4, -0.2) is 56.2 Å². The molecule has 1 amide bonds. The minimum atomic E-state index is -1.85. The van der Waals surface area contributed by atoms with Crippen molar-refractivity contribution in [2.24, 2.45) is 0 Å². The highest BCUT2D eigenvalue weighted by Crippen LogP contribution is 2.41. The first kappa shape index (κ1) is 18.7. The van der Waals surface area contributed by atoms with Crippen molar-refractivity contribution in [1.29, 1.82) is 0 Å². The van der Waals surface area contributed by atoms with Crippen LogP contribution in [0.1, 0.15) is 48.0 Å². The Labute approximate surface area is 142 Å². The second-order valence-corrected chi connectivity index (χ2v) is 14.2. The van der Waals surface area contributed by atoms with E-state index < -0.39 is 13.9 Å². The monoisotopic (exact) mass is 342 g/mol. The van der Waals surface area contributed by atoms with Crippen LogP contribution in [0.2, 0.25) is 18.1 Å². The molecule has 0 aromatic carbocycles. The third kappa shape index (κ3) is 4.09. The first-order valence-electron chi connectivity index (χ1n) is 8.72. The van der Waals surface area contributed by atoms with Gasteiger partial charge in [-0.05, 0) is 45.3 Å². The average Bonchev–Trinajstić information content (AvgIpc) is 2.52. The number of hydrogen-bond donors (Lipinski definition) is 1. The van der Waals surface area contributed by atoms with Gasteiger partial charge in [0.15, 0.2) is 8.32 Å². The molecule has 2 rings (SSSR count). The van der Waals surface area contributed by atoms with Crippen LogP contribution in [0.5, 0.6) is 0 Å². The Morgan fingerprint density at radius 2 is 1.74 bits per heavy atom. The average molecular weight is 343 g/mol. The number of fused-ring (bicyclic) bond motifs is 2. The van der Waals surface area contributed by atoms with Crippen molar-refractivity contribution in [3.05, 3.63) is 0 Å². The van der Waals surface area contributed by atoms with E-state index in [1.807, 2.05) is 25.7 Å². The Morgan fingerprint density at radius 1 is 1.13 bits per heavy atom. The van der Waals surface area contributed by atoms with Crippen LogP contribution >= 0.6 is 0 Å². The molecule has 2 aliphatic rings. The van der Waals surface area contributed by atoms with Gasteiger partial charge < -0.3 is 14.5 Å². The summed E-state index contributed by atoms with van der Waals surface area (Å²) in [6.07, 6.45) is 0.822. The highest BCUT2D eigenvalue weighted by molar-refractivity contribution is 6.74. The highest BCUT2D eigenvalue weighted by atomic mass is 28.4. The van der Waals surface area contributed by atoms with E-state index in [-0.39, 0.29) is 29.3 Å². The van der Waals surface area contributed by atoms with Crippen molar-refractivity contribution in [2.75, 3.05) is 13.1 Å². The van der Waals surface area contributed by atoms with Crippen LogP contribution in [0.15, 0.2) is 0 Å². The van der Waals surface area contributed by atoms with E-state index in [4.69, 9.17) is 9.16 Å². The predicted molar refractivity (Wildman–Crippen MR) is 95.2 cm³/mol. The topological polar surface area (TPSA) is 50.8 Å². The molecule has 134 valence electrons. The van der Waals surface area contributed by atoms with Crippen molar-refractivity contribution in [3.8, 4) is 0 Å². The molecule has 2 aliphatic heterocycles. The lowest BCUT2D eigenvalue weighted by Gasteiger charge is -2.41. The molecule has 0 aromatic heterocycles. The second-order valence-electron chi connectivity index (χ2n) is 9.42. The van der Waals surface area contributed by atoms with Gasteiger partial charge in [-0.2, -0.15) is 0 Å². The Kier molecular flexibility index (Phi) is 4.92. The molecule has 3 atom stereocenters. The maximum atomic E-state index is 12.6. The van der Waals surface area contributed by atoms with Crippen molar-refractivity contribution in [2.45, 2.75) is 89.9 Å². The Balaban J connectivity index is 2.13. The van der Waals surface area contributed by atoms with Crippen LogP contribution in [0.3, 0.4) is 0 Å². The van der Waals surface area contributed by atoms with Crippen molar-refractivity contribution >= 4 is 14.4 Å². The summed E-state index contributed by atoms with van der Waals surface area (Å²) in [5.41, 5.74) is -0.461. The molecule has 1 N–H and O–H groups in total. The van der Waals surface area contributed by atoms with Crippen LogP contribution < -0.4 is 5.32 Å². The molecule has 2 heterocycles. The predicted octanol–water partition coefficient (Wildman–Crippen LogP) is 3.36. The fourth-order valence-corrected chi connectivity index (χ4v) is 4.44. The van der Waals surface area contributed by atoms with E-state index in [1.165, 1.54) is 0 Å². The highest BCUT2D eigenvalue weighted by Gasteiger charge is 2.51. The number of hydrogen-bond acceptors (Lipinski definition) is 4. The third-order valence-electron chi connectivity index (χ3n) is 5.27. The third-order valence-corrected chi connectivity index (χ3v) is 9.78. The molecule has 0 aliphatic carbocycles. The lowest BCUT2D eigenvalue weighted by atomic mass is 10.2. The maximum Gasteiger partial charge on any atom is 0.410 e. The van der Waals surface area contributed by atoms with Crippen LogP contribution in [0, 0.1) is 0 Å². The van der Waals surface area contributed by atoms with E-state index in [2.05, 4.69) is 39.2 Å². The quantitative estimate of drug-likeness (QED) is 0.782. The zero-order valence-corrected chi connectivity index (χ0v) is 17.0. The normalized spacial score (nSPS) is 28.9. The van der Waals surface area contributed by atoms with Gasteiger partial charge in [0.05, 0.1) is 18.2 Å². The molecule has 2 saturated heterocycles. The standard InChI is InChI=1S/C17H34N2O3Si/c1-16(2,3)21-15(20)19-12-9-14(13(19)11-18-10-12)22-23(7,8)17(4,5)6/h12-14,18H,9-11H2,1-8H3/t12-,13-,14+/m1/s1. The van der Waals surface area contributed by atoms with E-state index >= 15 is 0 Å². The van der Waals surface area contributed by atoms with Crippen molar-refractivity contribution < 1.29 is 14.0 Å². The van der Waals surface area contributed by atoms with E-state index in [9.17, 15) is 4.79 Å². The van der Waals surface area contributed by atoms with Gasteiger partial charge in [0.2, 0.25) is 0 Å². The van der Waals surface area contributed by atoms with Gasteiger partial charge in [0.25, 0.3) is 0 Å². The minimum Gasteiger partial charge on any atom is -0.444 e. The summed E-state index contributed by atoms with van der Waals surface area (Å²) >= 11 is 0. The fourth-order valence-electron chi connectivity index (χ4n) is 3.08. The van der Waals surface area contributed by atoms with E-state index in [1.54, 1.807) is 0 Å². The first-order chi connectivity index (χ1) is 10.3. The number of amides is 1. The molecule has 0 radical (unpaired) electrons. The molecule has 0 unspecified atom stereocenters. The largest absolute Gasteiger partial charge is 0.444 e. The Bertz CT molecular complexity index is 454. The van der Waals surface area contributed by atoms with Gasteiger partial charge in [0, 0.05) is 13.1 Å². The van der Waals surface area contributed by atoms with E-state index in [0.29, 0.717) is 0 Å². The van der Waals surface area contributed by atoms with Gasteiger partial charge in [-0.1, -0.05) is 20.8 Å². The molecular formula is C17H34N2O3Si. The summed E-state index contributed by atoms with van der Waals surface area (Å²) < 4.78 is 12.3. The lowest BCUT2D eigenvalue weighted by molar-refractivity contribution is 0.00437. The lowest BCUT2D eigenvalue weighted by Crippen LogP contribution is -2.57. The fraction of sp³-hybridized carbons (Fsp3) is 0.941. The molecular weight excluding hydrogens is 308 g/mol. The summed E-state index contributed by atoms with van der Waals surface area (Å²) in [7, 11) is -1.85. The molecule has 0 saturated carbocycles. The van der Waals surface area contributed by atoms with Crippen LogP contribution in [0.4, 0.5) is 4.79 Å². The number of carbonyl (C=O) groups excluding carboxylic acids is 1. The number of ether oxygens (including phenoxy) is 1. The smallest absolute Gasteiger partial charge is 0.410 e. The number of rotatable bonds is 2. The number of piperazine rings is 1. The minimum absolute atomic E-state index is 0.0812. The second kappa shape index (κ2) is 6.04. The van der Waals surface area contributed by atoms with Crippen molar-refractivity contribution in [3.63, 3.8) is 0 Å². The number of nitrogens with one attached hydrogen (secondary N) is 1. The van der Waals surface area contributed by atoms with Gasteiger partial charge in [-0.15, -0.1) is 0 Å². The molecule has 2 fully saturated rings. The van der Waals surface area contributed by atoms with Crippen LogP contribution in [0.25, 0.3) is 0 Å². The molecule has 0 spiro atoms. The molecule has 2 bridgehead atoms. The Hall–Kier alpha value is -0.593. The summed E-state index contributed by atoms with van der Waals surface area (Å²) in [5.74, 6) is 0.